The Balaban J connectivity index is 1.62. The van der Waals surface area contributed by atoms with E-state index in [0.29, 0.717) is 24.3 Å². The predicted molar refractivity (Wildman–Crippen MR) is 165 cm³/mol. The Kier molecular flexibility index (Phi) is 11.2. The SMILES string of the molecule is COCC1CCC(CC2CCCCC2)N1Cc1ccc(C(=O)NC(CCS(C)(=O)=O)C(=O)O)c(-c2ccccc2C)c1. The highest BCUT2D eigenvalue weighted by molar-refractivity contribution is 7.90. The molecule has 1 aliphatic carbocycles. The Morgan fingerprint density at radius 2 is 1.74 bits per heavy atom. The first-order chi connectivity index (χ1) is 20.1. The second kappa shape index (κ2) is 14.6. The maximum atomic E-state index is 13.5. The number of sulfone groups is 1. The van der Waals surface area contributed by atoms with E-state index in [4.69, 9.17) is 4.74 Å². The van der Waals surface area contributed by atoms with E-state index >= 15 is 0 Å². The molecule has 1 saturated heterocycles. The highest BCUT2D eigenvalue weighted by Gasteiger charge is 2.35. The maximum Gasteiger partial charge on any atom is 0.326 e. The number of aliphatic carboxylic acids is 1. The highest BCUT2D eigenvalue weighted by atomic mass is 32.2. The summed E-state index contributed by atoms with van der Waals surface area (Å²) in [6.45, 7) is 3.43. The van der Waals surface area contributed by atoms with Crippen molar-refractivity contribution in [3.8, 4) is 11.1 Å². The smallest absolute Gasteiger partial charge is 0.326 e. The summed E-state index contributed by atoms with van der Waals surface area (Å²) in [6, 6.07) is 13.2. The largest absolute Gasteiger partial charge is 0.480 e. The van der Waals surface area contributed by atoms with Crippen molar-refractivity contribution in [3.63, 3.8) is 0 Å². The molecule has 4 rings (SSSR count). The van der Waals surface area contributed by atoms with Gasteiger partial charge in [0, 0.05) is 37.6 Å². The van der Waals surface area contributed by atoms with Crippen LogP contribution in [-0.4, -0.2) is 74.2 Å². The number of carbonyl (C=O) groups excluding carboxylic acids is 1. The van der Waals surface area contributed by atoms with E-state index < -0.39 is 27.8 Å². The molecule has 9 heteroatoms. The lowest BCUT2D eigenvalue weighted by Crippen LogP contribution is -2.42. The van der Waals surface area contributed by atoms with Crippen LogP contribution >= 0.6 is 0 Å². The van der Waals surface area contributed by atoms with Gasteiger partial charge in [0.15, 0.2) is 0 Å². The van der Waals surface area contributed by atoms with Crippen LogP contribution in [0.15, 0.2) is 42.5 Å². The van der Waals surface area contributed by atoms with E-state index in [0.717, 1.165) is 47.4 Å². The molecule has 8 nitrogen and oxygen atoms in total. The molecular formula is C33H46N2O6S. The summed E-state index contributed by atoms with van der Waals surface area (Å²) < 4.78 is 28.9. The van der Waals surface area contributed by atoms with Gasteiger partial charge in [0.05, 0.1) is 12.4 Å². The van der Waals surface area contributed by atoms with Gasteiger partial charge < -0.3 is 15.2 Å². The summed E-state index contributed by atoms with van der Waals surface area (Å²) in [5.74, 6) is -1.34. The molecule has 1 saturated carbocycles. The van der Waals surface area contributed by atoms with Crippen LogP contribution in [0.1, 0.15) is 79.3 Å². The number of hydrogen-bond donors (Lipinski definition) is 2. The molecule has 2 N–H and O–H groups in total. The van der Waals surface area contributed by atoms with Gasteiger partial charge in [-0.3, -0.25) is 9.69 Å². The number of aryl methyl sites for hydroxylation is 1. The number of nitrogens with zero attached hydrogens (tertiary/aromatic N) is 1. The third-order valence-electron chi connectivity index (χ3n) is 8.97. The Labute approximate surface area is 250 Å². The fourth-order valence-electron chi connectivity index (χ4n) is 6.73. The van der Waals surface area contributed by atoms with Crippen molar-refractivity contribution in [3.05, 3.63) is 59.2 Å². The van der Waals surface area contributed by atoms with Crippen molar-refractivity contribution in [2.75, 3.05) is 25.7 Å². The van der Waals surface area contributed by atoms with Gasteiger partial charge in [-0.1, -0.05) is 62.4 Å². The van der Waals surface area contributed by atoms with Crippen molar-refractivity contribution < 1.29 is 27.9 Å². The van der Waals surface area contributed by atoms with E-state index in [-0.39, 0.29) is 12.2 Å². The number of carboxylic acid groups (broad SMARTS) is 1. The van der Waals surface area contributed by atoms with Gasteiger partial charge in [-0.2, -0.15) is 0 Å². The first-order valence-corrected chi connectivity index (χ1v) is 17.3. The lowest BCUT2D eigenvalue weighted by Gasteiger charge is -2.33. The maximum absolute atomic E-state index is 13.5. The number of carboxylic acids is 1. The van der Waals surface area contributed by atoms with Crippen LogP contribution in [0.25, 0.3) is 11.1 Å². The zero-order chi connectivity index (χ0) is 30.3. The first-order valence-electron chi connectivity index (χ1n) is 15.2. The average molecular weight is 599 g/mol. The lowest BCUT2D eigenvalue weighted by molar-refractivity contribution is -0.139. The molecular weight excluding hydrogens is 552 g/mol. The van der Waals surface area contributed by atoms with Crippen molar-refractivity contribution in [1.82, 2.24) is 10.2 Å². The van der Waals surface area contributed by atoms with E-state index in [1.807, 2.05) is 37.3 Å². The van der Waals surface area contributed by atoms with Gasteiger partial charge in [0.25, 0.3) is 5.91 Å². The van der Waals surface area contributed by atoms with Crippen LogP contribution < -0.4 is 5.32 Å². The van der Waals surface area contributed by atoms with E-state index in [2.05, 4.69) is 16.3 Å². The molecule has 1 heterocycles. The van der Waals surface area contributed by atoms with E-state index in [9.17, 15) is 23.1 Å². The third-order valence-corrected chi connectivity index (χ3v) is 9.95. The zero-order valence-electron chi connectivity index (χ0n) is 25.2. The van der Waals surface area contributed by atoms with Crippen LogP contribution in [0.4, 0.5) is 0 Å². The zero-order valence-corrected chi connectivity index (χ0v) is 26.0. The van der Waals surface area contributed by atoms with Crippen LogP contribution in [-0.2, 0) is 25.9 Å². The van der Waals surface area contributed by atoms with E-state index in [1.165, 1.54) is 44.9 Å². The van der Waals surface area contributed by atoms with Gasteiger partial charge in [-0.15, -0.1) is 0 Å². The van der Waals surface area contributed by atoms with Crippen molar-refractivity contribution in [1.29, 1.82) is 0 Å². The normalized spacial score (nSPS) is 20.8. The molecule has 0 aromatic heterocycles. The molecule has 2 aromatic carbocycles. The number of ether oxygens (including phenoxy) is 1. The number of hydrogen-bond acceptors (Lipinski definition) is 6. The number of benzene rings is 2. The van der Waals surface area contributed by atoms with Gasteiger partial charge in [0.2, 0.25) is 0 Å². The van der Waals surface area contributed by atoms with Crippen LogP contribution in [0, 0.1) is 12.8 Å². The number of nitrogens with one attached hydrogen (secondary N) is 1. The van der Waals surface area contributed by atoms with Crippen LogP contribution in [0.5, 0.6) is 0 Å². The van der Waals surface area contributed by atoms with E-state index in [1.54, 1.807) is 13.2 Å². The minimum absolute atomic E-state index is 0.198. The quantitative estimate of drug-likeness (QED) is 0.325. The molecule has 0 spiro atoms. The standard InChI is InChI=1S/C33H46N2O6S/c1-23-9-7-8-12-28(23)30-20-25(13-16-29(30)32(36)34-31(33(37)38)17-18-42(3,39)40)21-35-26(14-15-27(35)22-41-2)19-24-10-5-4-6-11-24/h7-9,12-13,16,20,24,26-27,31H,4-6,10-11,14-15,17-19,21-22H2,1-3H3,(H,34,36)(H,37,38). The average Bonchev–Trinajstić information content (AvgIpc) is 3.31. The summed E-state index contributed by atoms with van der Waals surface area (Å²) in [5, 5.41) is 12.3. The minimum atomic E-state index is -3.38. The highest BCUT2D eigenvalue weighted by Crippen LogP contribution is 2.36. The summed E-state index contributed by atoms with van der Waals surface area (Å²) in [4.78, 5) is 28.0. The molecule has 230 valence electrons. The monoisotopic (exact) mass is 598 g/mol. The summed E-state index contributed by atoms with van der Waals surface area (Å²) in [6.07, 6.45) is 11.0. The lowest BCUT2D eigenvalue weighted by atomic mass is 9.84. The van der Waals surface area contributed by atoms with Crippen LogP contribution in [0.3, 0.4) is 0 Å². The molecule has 1 amide bonds. The third kappa shape index (κ3) is 8.64. The van der Waals surface area contributed by atoms with Gasteiger partial charge in [0.1, 0.15) is 15.9 Å². The number of likely N-dealkylation sites (tertiary alicyclic amines) is 1. The Bertz CT molecular complexity index is 1340. The first kappa shape index (κ1) is 32.2. The summed E-state index contributed by atoms with van der Waals surface area (Å²) >= 11 is 0. The molecule has 3 atom stereocenters. The second-order valence-corrected chi connectivity index (χ2v) is 14.5. The fraction of sp³-hybridized carbons (Fsp3) is 0.576. The summed E-state index contributed by atoms with van der Waals surface area (Å²) in [5.41, 5.74) is 4.10. The molecule has 3 unspecified atom stereocenters. The number of amides is 1. The molecule has 42 heavy (non-hydrogen) atoms. The molecule has 2 aliphatic rings. The molecule has 0 bridgehead atoms. The molecule has 1 aliphatic heterocycles. The van der Waals surface area contributed by atoms with Gasteiger partial charge >= 0.3 is 5.97 Å². The Hall–Kier alpha value is -2.75. The van der Waals surface area contributed by atoms with Crippen LogP contribution in [0.2, 0.25) is 0 Å². The second-order valence-electron chi connectivity index (χ2n) is 12.2. The number of rotatable bonds is 13. The minimum Gasteiger partial charge on any atom is -0.480 e. The molecule has 0 radical (unpaired) electrons. The Morgan fingerprint density at radius 3 is 2.40 bits per heavy atom. The van der Waals surface area contributed by atoms with Crippen molar-refractivity contribution >= 4 is 21.7 Å². The summed E-state index contributed by atoms with van der Waals surface area (Å²) in [7, 11) is -1.62. The fourth-order valence-corrected chi connectivity index (χ4v) is 7.39. The van der Waals surface area contributed by atoms with Crippen molar-refractivity contribution in [2.45, 2.75) is 89.4 Å². The number of methoxy groups -OCH3 is 1. The molecule has 2 fully saturated rings. The Morgan fingerprint density at radius 1 is 1.02 bits per heavy atom. The van der Waals surface area contributed by atoms with Crippen molar-refractivity contribution in [2.24, 2.45) is 5.92 Å². The molecule has 2 aromatic rings. The van der Waals surface area contributed by atoms with Gasteiger partial charge in [-0.05, 0) is 72.9 Å². The topological polar surface area (TPSA) is 113 Å². The predicted octanol–water partition coefficient (Wildman–Crippen LogP) is 5.23. The number of carbonyl (C=O) groups is 2. The van der Waals surface area contributed by atoms with Gasteiger partial charge in [-0.25, -0.2) is 13.2 Å².